The van der Waals surface area contributed by atoms with Crippen LogP contribution in [0.5, 0.6) is 0 Å². The Morgan fingerprint density at radius 2 is 0.862 bits per heavy atom. The van der Waals surface area contributed by atoms with Crippen LogP contribution < -0.4 is 5.11 Å². The maximum absolute atomic E-state index is 12.8. The number of carboxylic acid groups (broad SMARTS) is 1. The number of aliphatic carboxylic acids is 1. The molecule has 2 unspecified atom stereocenters. The minimum absolute atomic E-state index is 0.0445. The van der Waals surface area contributed by atoms with Gasteiger partial charge in [0.2, 0.25) is 0 Å². The van der Waals surface area contributed by atoms with Gasteiger partial charge in [0.15, 0.2) is 6.10 Å². The standard InChI is InChI=1S/C57H105NO7/c1-6-8-10-12-14-16-18-20-22-24-26-27-28-29-30-32-34-36-38-40-42-44-46-48-56(60)65-53(51-63-50-49-54(57(61)62)58(3,4)5)52-64-55(59)47-45-43-41-39-37-35-33-31-25-23-21-19-17-15-13-11-9-7-2/h8,10,14,16,20,22,53-54H,6-7,9,11-13,15,17-19,21,23-52H2,1-5H3/b10-8+,16-14+,22-20+. The number of unbranched alkanes of at least 4 members (excludes halogenated alkanes) is 30. The summed E-state index contributed by atoms with van der Waals surface area (Å²) in [4.78, 5) is 37.1. The number of hydrogen-bond donors (Lipinski definition) is 0. The Hall–Kier alpha value is -2.45. The van der Waals surface area contributed by atoms with Crippen molar-refractivity contribution < 1.29 is 38.2 Å². The fraction of sp³-hybridized carbons (Fsp3) is 0.842. The number of allylic oxidation sites excluding steroid dienone is 6. The van der Waals surface area contributed by atoms with Gasteiger partial charge in [-0.25, -0.2) is 0 Å². The molecule has 0 fully saturated rings. The molecule has 2 atom stereocenters. The van der Waals surface area contributed by atoms with Crippen LogP contribution in [0.25, 0.3) is 0 Å². The van der Waals surface area contributed by atoms with Crippen molar-refractivity contribution >= 4 is 17.9 Å². The first-order valence-corrected chi connectivity index (χ1v) is 27.5. The molecular weight excluding hydrogens is 811 g/mol. The third kappa shape index (κ3) is 46.4. The molecule has 65 heavy (non-hydrogen) atoms. The van der Waals surface area contributed by atoms with Gasteiger partial charge in [-0.2, -0.15) is 0 Å². The summed E-state index contributed by atoms with van der Waals surface area (Å²) in [6.45, 7) is 4.60. The topological polar surface area (TPSA) is 102 Å². The molecular formula is C57H105NO7. The van der Waals surface area contributed by atoms with Gasteiger partial charge in [0, 0.05) is 19.3 Å². The van der Waals surface area contributed by atoms with Crippen LogP contribution >= 0.6 is 0 Å². The van der Waals surface area contributed by atoms with E-state index in [0.29, 0.717) is 12.8 Å². The fourth-order valence-corrected chi connectivity index (χ4v) is 8.32. The van der Waals surface area contributed by atoms with Gasteiger partial charge in [0.05, 0.1) is 40.3 Å². The molecule has 8 heteroatoms. The lowest BCUT2D eigenvalue weighted by Crippen LogP contribution is -2.55. The molecule has 8 nitrogen and oxygen atoms in total. The summed E-state index contributed by atoms with van der Waals surface area (Å²) in [5.74, 6) is -1.72. The van der Waals surface area contributed by atoms with E-state index in [1.54, 1.807) is 0 Å². The summed E-state index contributed by atoms with van der Waals surface area (Å²) < 4.78 is 17.3. The maximum Gasteiger partial charge on any atom is 0.306 e. The predicted molar refractivity (Wildman–Crippen MR) is 273 cm³/mol. The van der Waals surface area contributed by atoms with Crippen LogP contribution in [0, 0.1) is 0 Å². The number of likely N-dealkylation sites (N-methyl/N-ethyl adjacent to an activating group) is 1. The van der Waals surface area contributed by atoms with Crippen molar-refractivity contribution in [2.24, 2.45) is 0 Å². The van der Waals surface area contributed by atoms with Gasteiger partial charge >= 0.3 is 11.9 Å². The Morgan fingerprint density at radius 3 is 1.28 bits per heavy atom. The lowest BCUT2D eigenvalue weighted by atomic mass is 10.0. The molecule has 0 aliphatic rings. The van der Waals surface area contributed by atoms with Crippen molar-refractivity contribution in [3.63, 3.8) is 0 Å². The number of carbonyl (C=O) groups is 3. The molecule has 0 saturated heterocycles. The Labute approximate surface area is 402 Å². The molecule has 0 saturated carbocycles. The van der Waals surface area contributed by atoms with E-state index in [2.05, 4.69) is 50.3 Å². The van der Waals surface area contributed by atoms with E-state index >= 15 is 0 Å². The first kappa shape index (κ1) is 62.5. The molecule has 0 aromatic carbocycles. The SMILES string of the molecule is CC/C=C/C/C=C/C/C=C/CCCCCCCCCCCCCCCC(=O)OC(COCCC(C(=O)[O-])[N+](C)(C)C)COC(=O)CCCCCCCCCCCCCCCCCCCC. The molecule has 0 heterocycles. The van der Waals surface area contributed by atoms with E-state index in [9.17, 15) is 19.5 Å². The molecule has 0 bridgehead atoms. The number of ether oxygens (including phenoxy) is 3. The Balaban J connectivity index is 4.16. The van der Waals surface area contributed by atoms with Crippen LogP contribution in [0.2, 0.25) is 0 Å². The van der Waals surface area contributed by atoms with E-state index in [1.807, 2.05) is 21.1 Å². The molecule has 0 rings (SSSR count). The van der Waals surface area contributed by atoms with Crippen LogP contribution in [0.3, 0.4) is 0 Å². The summed E-state index contributed by atoms with van der Waals surface area (Å²) in [6, 6.07) is -0.724. The van der Waals surface area contributed by atoms with Gasteiger partial charge in [-0.1, -0.05) is 230 Å². The Bertz CT molecular complexity index is 1160. The largest absolute Gasteiger partial charge is 0.544 e. The van der Waals surface area contributed by atoms with Crippen molar-refractivity contribution in [2.75, 3.05) is 41.0 Å². The maximum atomic E-state index is 12.8. The number of esters is 2. The average molecular weight is 916 g/mol. The predicted octanol–water partition coefficient (Wildman–Crippen LogP) is 14.8. The summed E-state index contributed by atoms with van der Waals surface area (Å²) in [5.41, 5.74) is 0. The summed E-state index contributed by atoms with van der Waals surface area (Å²) in [5, 5.41) is 11.7. The van der Waals surface area contributed by atoms with Gasteiger partial charge in [-0.3, -0.25) is 9.59 Å². The highest BCUT2D eigenvalue weighted by Crippen LogP contribution is 2.17. The van der Waals surface area contributed by atoms with Crippen LogP contribution in [0.1, 0.15) is 258 Å². The number of hydrogen-bond acceptors (Lipinski definition) is 7. The highest BCUT2D eigenvalue weighted by Gasteiger charge is 2.25. The van der Waals surface area contributed by atoms with Crippen molar-refractivity contribution in [1.29, 1.82) is 0 Å². The molecule has 0 radical (unpaired) electrons. The summed E-state index contributed by atoms with van der Waals surface area (Å²) in [7, 11) is 5.43. The first-order valence-electron chi connectivity index (χ1n) is 27.5. The second-order valence-corrected chi connectivity index (χ2v) is 19.8. The number of carboxylic acids is 1. The number of carbonyl (C=O) groups excluding carboxylic acids is 3. The molecule has 380 valence electrons. The third-order valence-electron chi connectivity index (χ3n) is 12.5. The second-order valence-electron chi connectivity index (χ2n) is 19.8. The summed E-state index contributed by atoms with van der Waals surface area (Å²) in [6.07, 6.45) is 57.5. The number of nitrogens with zero attached hydrogens (tertiary/aromatic N) is 1. The molecule has 0 aliphatic carbocycles. The van der Waals surface area contributed by atoms with E-state index in [-0.39, 0.29) is 42.7 Å². The van der Waals surface area contributed by atoms with Gasteiger partial charge < -0.3 is 28.6 Å². The second kappa shape index (κ2) is 48.0. The van der Waals surface area contributed by atoms with Gasteiger partial charge in [-0.05, 0) is 44.9 Å². The van der Waals surface area contributed by atoms with E-state index < -0.39 is 18.1 Å². The zero-order valence-corrected chi connectivity index (χ0v) is 43.4. The third-order valence-corrected chi connectivity index (χ3v) is 12.5. The van der Waals surface area contributed by atoms with Gasteiger partial charge in [0.25, 0.3) is 0 Å². The molecule has 0 aliphatic heterocycles. The lowest BCUT2D eigenvalue weighted by molar-refractivity contribution is -0.889. The lowest BCUT2D eigenvalue weighted by Gasteiger charge is -2.34. The van der Waals surface area contributed by atoms with E-state index in [4.69, 9.17) is 14.2 Å². The number of quaternary nitrogens is 1. The van der Waals surface area contributed by atoms with Crippen molar-refractivity contribution in [3.8, 4) is 0 Å². The van der Waals surface area contributed by atoms with Crippen LogP contribution in [-0.4, -0.2) is 75.5 Å². The highest BCUT2D eigenvalue weighted by atomic mass is 16.6. The quantitative estimate of drug-likeness (QED) is 0.0259. The Kier molecular flexibility index (Phi) is 46.2. The van der Waals surface area contributed by atoms with Gasteiger partial charge in [0.1, 0.15) is 12.6 Å². The first-order chi connectivity index (χ1) is 31.6. The summed E-state index contributed by atoms with van der Waals surface area (Å²) >= 11 is 0. The molecule has 0 aromatic heterocycles. The average Bonchev–Trinajstić information content (AvgIpc) is 3.27. The van der Waals surface area contributed by atoms with Crippen LogP contribution in [0.15, 0.2) is 36.5 Å². The minimum Gasteiger partial charge on any atom is -0.544 e. The van der Waals surface area contributed by atoms with E-state index in [0.717, 1.165) is 57.8 Å². The molecule has 0 amide bonds. The Morgan fingerprint density at radius 1 is 0.477 bits per heavy atom. The van der Waals surface area contributed by atoms with Crippen molar-refractivity contribution in [3.05, 3.63) is 36.5 Å². The molecule has 0 aromatic rings. The zero-order chi connectivity index (χ0) is 47.7. The molecule has 0 spiro atoms. The van der Waals surface area contributed by atoms with Crippen LogP contribution in [0.4, 0.5) is 0 Å². The molecule has 0 N–H and O–H groups in total. The minimum atomic E-state index is -1.12. The smallest absolute Gasteiger partial charge is 0.306 e. The van der Waals surface area contributed by atoms with Crippen LogP contribution in [-0.2, 0) is 28.6 Å². The number of rotatable bonds is 50. The van der Waals surface area contributed by atoms with E-state index in [1.165, 1.54) is 167 Å². The van der Waals surface area contributed by atoms with Crippen molar-refractivity contribution in [1.82, 2.24) is 0 Å². The monoisotopic (exact) mass is 916 g/mol. The van der Waals surface area contributed by atoms with Crippen molar-refractivity contribution in [2.45, 2.75) is 270 Å². The zero-order valence-electron chi connectivity index (χ0n) is 43.4. The fourth-order valence-electron chi connectivity index (χ4n) is 8.32. The van der Waals surface area contributed by atoms with Gasteiger partial charge in [-0.15, -0.1) is 0 Å². The normalized spacial score (nSPS) is 13.1. The highest BCUT2D eigenvalue weighted by molar-refractivity contribution is 5.70.